The molecule has 1 fully saturated rings. The Morgan fingerprint density at radius 1 is 1.21 bits per heavy atom. The molecular weight excluding hydrogens is 258 g/mol. The zero-order valence-corrected chi connectivity index (χ0v) is 12.2. The van der Waals surface area contributed by atoms with Crippen LogP contribution in [0, 0.1) is 6.92 Å². The quantitative estimate of drug-likeness (QED) is 0.797. The number of hydrogen-bond donors (Lipinski definition) is 0. The van der Waals surface area contributed by atoms with E-state index in [9.17, 15) is 8.42 Å². The van der Waals surface area contributed by atoms with Crippen LogP contribution < -0.4 is 0 Å². The highest BCUT2D eigenvalue weighted by atomic mass is 32.2. The molecule has 1 unspecified atom stereocenters. The van der Waals surface area contributed by atoms with Crippen molar-refractivity contribution in [1.29, 1.82) is 0 Å². The molecule has 0 radical (unpaired) electrons. The van der Waals surface area contributed by atoms with Crippen molar-refractivity contribution in [1.82, 2.24) is 4.31 Å². The van der Waals surface area contributed by atoms with E-state index in [0.717, 1.165) is 31.2 Å². The standard InChI is InChI=1S/C15H21NO2S/c1-3-14-7-5-4-6-12-16(14)19(17,18)15-10-8-13(2)9-11-15/h3,8-11,14H,1,4-7,12H2,2H3. The van der Waals surface area contributed by atoms with Gasteiger partial charge in [-0.15, -0.1) is 6.58 Å². The third-order valence-electron chi connectivity index (χ3n) is 3.65. The molecule has 2 rings (SSSR count). The lowest BCUT2D eigenvalue weighted by Gasteiger charge is -2.26. The molecule has 0 aliphatic carbocycles. The van der Waals surface area contributed by atoms with E-state index in [1.807, 2.05) is 19.1 Å². The summed E-state index contributed by atoms with van der Waals surface area (Å²) in [5.41, 5.74) is 1.06. The fourth-order valence-electron chi connectivity index (χ4n) is 2.49. The number of benzene rings is 1. The lowest BCUT2D eigenvalue weighted by Crippen LogP contribution is -2.38. The minimum Gasteiger partial charge on any atom is -0.207 e. The average Bonchev–Trinajstić information content (AvgIpc) is 2.64. The van der Waals surface area contributed by atoms with Gasteiger partial charge in [0.05, 0.1) is 4.90 Å². The maximum absolute atomic E-state index is 12.7. The van der Waals surface area contributed by atoms with Gasteiger partial charge >= 0.3 is 0 Å². The molecule has 1 aromatic carbocycles. The monoisotopic (exact) mass is 279 g/mol. The first-order valence-electron chi connectivity index (χ1n) is 6.77. The molecule has 1 atom stereocenters. The van der Waals surface area contributed by atoms with Gasteiger partial charge in [0.1, 0.15) is 0 Å². The van der Waals surface area contributed by atoms with Crippen molar-refractivity contribution in [2.45, 2.75) is 43.5 Å². The first-order chi connectivity index (χ1) is 9.05. The van der Waals surface area contributed by atoms with Crippen LogP contribution in [0.5, 0.6) is 0 Å². The van der Waals surface area contributed by atoms with Gasteiger partial charge < -0.3 is 0 Å². The van der Waals surface area contributed by atoms with Crippen molar-refractivity contribution in [3.63, 3.8) is 0 Å². The lowest BCUT2D eigenvalue weighted by molar-refractivity contribution is 0.368. The van der Waals surface area contributed by atoms with E-state index in [2.05, 4.69) is 6.58 Å². The Kier molecular flexibility index (Phi) is 4.42. The Morgan fingerprint density at radius 2 is 1.89 bits per heavy atom. The third-order valence-corrected chi connectivity index (χ3v) is 5.59. The predicted molar refractivity (Wildman–Crippen MR) is 77.5 cm³/mol. The van der Waals surface area contributed by atoms with Gasteiger partial charge in [-0.05, 0) is 31.9 Å². The van der Waals surface area contributed by atoms with Gasteiger partial charge in [-0.1, -0.05) is 36.6 Å². The summed E-state index contributed by atoms with van der Waals surface area (Å²) in [4.78, 5) is 0.381. The average molecular weight is 279 g/mol. The molecule has 0 spiro atoms. The predicted octanol–water partition coefficient (Wildman–Crippen LogP) is 3.11. The fraction of sp³-hybridized carbons (Fsp3) is 0.467. The van der Waals surface area contributed by atoms with Crippen LogP contribution in [0.2, 0.25) is 0 Å². The molecule has 1 aromatic rings. The molecule has 0 N–H and O–H groups in total. The summed E-state index contributed by atoms with van der Waals surface area (Å²) in [7, 11) is -3.40. The lowest BCUT2D eigenvalue weighted by atomic mass is 10.1. The smallest absolute Gasteiger partial charge is 0.207 e. The minimum absolute atomic E-state index is 0.0752. The second-order valence-electron chi connectivity index (χ2n) is 5.08. The van der Waals surface area contributed by atoms with E-state index in [1.54, 1.807) is 22.5 Å². The van der Waals surface area contributed by atoms with E-state index in [1.165, 1.54) is 0 Å². The van der Waals surface area contributed by atoms with Crippen molar-refractivity contribution < 1.29 is 8.42 Å². The molecule has 0 bridgehead atoms. The summed E-state index contributed by atoms with van der Waals surface area (Å²) in [6.07, 6.45) is 5.71. The molecule has 1 heterocycles. The highest BCUT2D eigenvalue weighted by molar-refractivity contribution is 7.89. The van der Waals surface area contributed by atoms with Crippen molar-refractivity contribution in [2.75, 3.05) is 6.54 Å². The Morgan fingerprint density at radius 3 is 2.53 bits per heavy atom. The van der Waals surface area contributed by atoms with Gasteiger partial charge in [-0.2, -0.15) is 4.31 Å². The van der Waals surface area contributed by atoms with Crippen molar-refractivity contribution in [2.24, 2.45) is 0 Å². The van der Waals surface area contributed by atoms with E-state index in [-0.39, 0.29) is 6.04 Å². The van der Waals surface area contributed by atoms with Crippen molar-refractivity contribution in [3.8, 4) is 0 Å². The first kappa shape index (κ1) is 14.3. The van der Waals surface area contributed by atoms with Crippen LogP contribution in [0.25, 0.3) is 0 Å². The SMILES string of the molecule is C=CC1CCCCCN1S(=O)(=O)c1ccc(C)cc1. The molecule has 0 aromatic heterocycles. The third kappa shape index (κ3) is 3.07. The first-order valence-corrected chi connectivity index (χ1v) is 8.21. The Balaban J connectivity index is 2.35. The Labute approximate surface area is 116 Å². The molecule has 104 valence electrons. The van der Waals surface area contributed by atoms with E-state index in [4.69, 9.17) is 0 Å². The number of hydrogen-bond acceptors (Lipinski definition) is 2. The molecule has 1 aliphatic rings. The van der Waals surface area contributed by atoms with Gasteiger partial charge in [0, 0.05) is 12.6 Å². The molecule has 1 aliphatic heterocycles. The Hall–Kier alpha value is -1.13. The van der Waals surface area contributed by atoms with Gasteiger partial charge in [-0.25, -0.2) is 8.42 Å². The summed E-state index contributed by atoms with van der Waals surface area (Å²) < 4.78 is 27.0. The van der Waals surface area contributed by atoms with E-state index in [0.29, 0.717) is 11.4 Å². The van der Waals surface area contributed by atoms with E-state index >= 15 is 0 Å². The van der Waals surface area contributed by atoms with Crippen molar-refractivity contribution >= 4 is 10.0 Å². The maximum atomic E-state index is 12.7. The normalized spacial score (nSPS) is 21.8. The van der Waals surface area contributed by atoms with E-state index < -0.39 is 10.0 Å². The van der Waals surface area contributed by atoms with Gasteiger partial charge in [0.15, 0.2) is 0 Å². The van der Waals surface area contributed by atoms with Crippen LogP contribution in [0.4, 0.5) is 0 Å². The highest BCUT2D eigenvalue weighted by Gasteiger charge is 2.30. The Bertz CT molecular complexity index is 534. The second kappa shape index (κ2) is 5.88. The van der Waals surface area contributed by atoms with Gasteiger partial charge in [-0.3, -0.25) is 0 Å². The minimum atomic E-state index is -3.40. The van der Waals surface area contributed by atoms with Crippen LogP contribution >= 0.6 is 0 Å². The second-order valence-corrected chi connectivity index (χ2v) is 6.97. The van der Waals surface area contributed by atoms with Gasteiger partial charge in [0.2, 0.25) is 10.0 Å². The molecule has 0 saturated carbocycles. The number of rotatable bonds is 3. The molecule has 3 nitrogen and oxygen atoms in total. The number of nitrogens with zero attached hydrogens (tertiary/aromatic N) is 1. The van der Waals surface area contributed by atoms with Crippen LogP contribution in [-0.2, 0) is 10.0 Å². The summed E-state index contributed by atoms with van der Waals surface area (Å²) in [6, 6.07) is 6.99. The fourth-order valence-corrected chi connectivity index (χ4v) is 4.16. The zero-order chi connectivity index (χ0) is 13.9. The van der Waals surface area contributed by atoms with Crippen LogP contribution in [0.15, 0.2) is 41.8 Å². The number of aryl methyl sites for hydroxylation is 1. The van der Waals surface area contributed by atoms with Crippen LogP contribution in [-0.4, -0.2) is 25.3 Å². The summed E-state index contributed by atoms with van der Waals surface area (Å²) >= 11 is 0. The largest absolute Gasteiger partial charge is 0.243 e. The summed E-state index contributed by atoms with van der Waals surface area (Å²) in [5.74, 6) is 0. The van der Waals surface area contributed by atoms with Gasteiger partial charge in [0.25, 0.3) is 0 Å². The summed E-state index contributed by atoms with van der Waals surface area (Å²) in [6.45, 7) is 6.33. The maximum Gasteiger partial charge on any atom is 0.243 e. The molecule has 4 heteroatoms. The molecular formula is C15H21NO2S. The summed E-state index contributed by atoms with van der Waals surface area (Å²) in [5, 5.41) is 0. The number of sulfonamides is 1. The molecule has 0 amide bonds. The topological polar surface area (TPSA) is 37.4 Å². The van der Waals surface area contributed by atoms with Crippen LogP contribution in [0.1, 0.15) is 31.2 Å². The molecule has 19 heavy (non-hydrogen) atoms. The molecule has 1 saturated heterocycles. The highest BCUT2D eigenvalue weighted by Crippen LogP contribution is 2.25. The van der Waals surface area contributed by atoms with Crippen molar-refractivity contribution in [3.05, 3.63) is 42.5 Å². The van der Waals surface area contributed by atoms with Crippen LogP contribution in [0.3, 0.4) is 0 Å². The zero-order valence-electron chi connectivity index (χ0n) is 11.4.